The Morgan fingerprint density at radius 2 is 0.773 bits per heavy atom. The molecule has 0 amide bonds. The number of nitrogen functional groups attached to an aromatic ring is 4. The molecular weight excluding hydrogens is 1560 g/mol. The standard InChI is InChI=1S/C21H22N6O3.C17H14N6O3.C16H12N6O3.C9H7ClN4O3.C8H9BN2O2.C4H11NO.Li.H2O/c1-13-11-24-16-7-6-14(12-27(13)16)17-19(21-23-8-10-30-21)26-20(22)18(25-17)15(28)5-3-4-9-29-2;1-9-7-20-11-4-3-10(8-23(9)11)12-13(16-19-5-6-26-16)22-15(18)14(21-12)17(24)25-2;1-8-6-19-10-3-2-9(7-22(8)10)11-12(15-18-4-5-25-15)21-14(17)13(20-11)16(23)24;1-16-9(15)5-7(11)14-4(6(10)13-5)8-12-2-3-17-8;1-6-4-10-8-3-2-7(9(12)13)5-11(6)8;1-6-4-2-3-5;;/h6-8,10-12H,3-5,9H2,1-2H3,(H2,22,26);3-8H,1-2H3,(H2,18,22);2-7H,1H3,(H2,17,21)(H,23,24);2-3H,1H3,(H2,11,14);2-5,12-13H,1H3;2-5H2,1H3;;1H2/q;;;;;;+1;/p-1. The molecule has 0 unspecified atom stereocenters. The number of ketones is 1. The minimum absolute atomic E-state index is 0. The van der Waals surface area contributed by atoms with Crippen LogP contribution in [0.1, 0.15) is 90.4 Å². The minimum atomic E-state index is -1.42. The average molecular weight is 1640 g/mol. The van der Waals surface area contributed by atoms with Crippen LogP contribution in [0.2, 0.25) is 5.15 Å². The normalized spacial score (nSPS) is 10.7. The summed E-state index contributed by atoms with van der Waals surface area (Å²) in [6, 6.07) is 14.4. The fourth-order valence-corrected chi connectivity index (χ4v) is 11.3. The van der Waals surface area contributed by atoms with Gasteiger partial charge in [0, 0.05) is 123 Å². The molecule has 16 aromatic heterocycles. The van der Waals surface area contributed by atoms with Gasteiger partial charge in [0.15, 0.2) is 74.1 Å². The van der Waals surface area contributed by atoms with E-state index in [2.05, 4.69) is 84.5 Å². The number of esters is 2. The van der Waals surface area contributed by atoms with Crippen LogP contribution in [-0.2, 0) is 18.9 Å². The van der Waals surface area contributed by atoms with Crippen molar-refractivity contribution in [2.75, 3.05) is 71.1 Å². The summed E-state index contributed by atoms with van der Waals surface area (Å²) in [6.45, 7) is 9.84. The first-order chi connectivity index (χ1) is 56.4. The van der Waals surface area contributed by atoms with Crippen molar-refractivity contribution in [3.63, 3.8) is 0 Å². The van der Waals surface area contributed by atoms with E-state index in [1.807, 2.05) is 82.0 Å². The van der Waals surface area contributed by atoms with Gasteiger partial charge in [-0.1, -0.05) is 17.7 Å². The largest absolute Gasteiger partial charge is 1.00 e. The van der Waals surface area contributed by atoms with E-state index in [4.69, 9.17) is 82.2 Å². The Hall–Kier alpha value is -14.1. The van der Waals surface area contributed by atoms with Crippen LogP contribution < -0.4 is 53.0 Å². The van der Waals surface area contributed by atoms with E-state index in [0.29, 0.717) is 64.5 Å². The molecule has 0 atom stereocenters. The number of rotatable bonds is 20. The third-order valence-electron chi connectivity index (χ3n) is 16.9. The number of carbonyl (C=O) groups is 4. The molecule has 0 fully saturated rings. The van der Waals surface area contributed by atoms with Gasteiger partial charge < -0.3 is 104 Å². The van der Waals surface area contributed by atoms with Gasteiger partial charge in [0.1, 0.15) is 70.4 Å². The molecule has 16 aromatic rings. The Morgan fingerprint density at radius 1 is 0.437 bits per heavy atom. The molecule has 0 aliphatic rings. The number of hydrogen-bond donors (Lipinski definition) is 8. The molecule has 14 N–H and O–H groups in total. The second-order valence-corrected chi connectivity index (χ2v) is 25.2. The van der Waals surface area contributed by atoms with Gasteiger partial charge in [-0.3, -0.25) is 4.79 Å². The van der Waals surface area contributed by atoms with Gasteiger partial charge in [0.2, 0.25) is 23.6 Å². The molecule has 0 bridgehead atoms. The summed E-state index contributed by atoms with van der Waals surface area (Å²) in [4.78, 5) is 114. The van der Waals surface area contributed by atoms with Crippen molar-refractivity contribution < 1.29 is 95.3 Å². The number of methoxy groups -OCH3 is 4. The Morgan fingerprint density at radius 3 is 1.13 bits per heavy atom. The van der Waals surface area contributed by atoms with Crippen molar-refractivity contribution in [2.45, 2.75) is 53.4 Å². The Balaban J connectivity index is 0.000000169. The first kappa shape index (κ1) is 88.9. The number of unbranched alkanes of at least 4 members (excludes halogenated alkanes) is 1. The van der Waals surface area contributed by atoms with Crippen molar-refractivity contribution in [1.82, 2.24) is 97.3 Å². The van der Waals surface area contributed by atoms with E-state index in [9.17, 15) is 24.3 Å². The average Bonchev–Trinajstić information content (AvgIpc) is 1.77. The van der Waals surface area contributed by atoms with Gasteiger partial charge in [0.05, 0.1) is 39.0 Å². The Kier molecular flexibility index (Phi) is 30.6. The van der Waals surface area contributed by atoms with E-state index < -0.39 is 25.0 Å². The van der Waals surface area contributed by atoms with Gasteiger partial charge in [0.25, 0.3) is 0 Å². The number of aromatic carboxylic acids is 1. The number of aromatic nitrogens is 20. The smallest absolute Gasteiger partial charge is 0.870 e. The Labute approximate surface area is 691 Å². The van der Waals surface area contributed by atoms with Crippen molar-refractivity contribution in [1.29, 1.82) is 0 Å². The van der Waals surface area contributed by atoms with E-state index in [1.165, 1.54) is 64.1 Å². The summed E-state index contributed by atoms with van der Waals surface area (Å²) in [5.41, 5.74) is 39.9. The summed E-state index contributed by atoms with van der Waals surface area (Å²) >= 11 is 5.86. The number of fused-ring (bicyclic) bond motifs is 4. The molecule has 0 saturated carbocycles. The van der Waals surface area contributed by atoms with E-state index in [-0.39, 0.29) is 116 Å². The maximum atomic E-state index is 12.8. The van der Waals surface area contributed by atoms with E-state index in [1.54, 1.807) is 75.7 Å². The molecular formula is C75H76BClLiN25O16. The number of pyridine rings is 4. The van der Waals surface area contributed by atoms with Crippen LogP contribution in [0.5, 0.6) is 0 Å². The molecule has 0 aromatic carbocycles. The Bertz CT molecular complexity index is 6140. The SMILES string of the molecule is COC(=O)c1nc(-c2ccc3ncc(C)n3c2)c(-c2ncco2)nc1N.COC(=O)c1nc(Cl)c(-c2ncco2)nc1N.COCCCCC(=O)c1nc(-c2ccc3ncc(C)n3c2)c(-c2ncco2)nc1N.COCCCN.Cc1cnc2ccc(-c3nc(C(=O)O)c(N)nc3-c3ncco3)cn12.Cc1cnc2ccc(B(O)O)cn12.[Li+].[OH-]. The van der Waals surface area contributed by atoms with Crippen LogP contribution in [0.15, 0.2) is 166 Å². The topological polar surface area (TPSA) is 602 Å². The third-order valence-corrected chi connectivity index (χ3v) is 17.1. The third kappa shape index (κ3) is 21.0. The van der Waals surface area contributed by atoms with E-state index >= 15 is 0 Å². The van der Waals surface area contributed by atoms with E-state index in [0.717, 1.165) is 76.9 Å². The van der Waals surface area contributed by atoms with Gasteiger partial charge >= 0.3 is 43.9 Å². The summed E-state index contributed by atoms with van der Waals surface area (Å²) in [5, 5.41) is 27.1. The predicted octanol–water partition coefficient (Wildman–Crippen LogP) is 4.78. The maximum Gasteiger partial charge on any atom is 1.00 e. The van der Waals surface area contributed by atoms with Crippen molar-refractivity contribution in [3.8, 4) is 80.1 Å². The van der Waals surface area contributed by atoms with Crippen molar-refractivity contribution in [2.24, 2.45) is 5.73 Å². The van der Waals surface area contributed by atoms with Crippen LogP contribution in [0.25, 0.3) is 103 Å². The summed E-state index contributed by atoms with van der Waals surface area (Å²) in [7, 11) is 4.35. The molecule has 16 heterocycles. The van der Waals surface area contributed by atoms with Crippen LogP contribution in [-0.4, -0.2) is 197 Å². The molecule has 608 valence electrons. The quantitative estimate of drug-likeness (QED) is 0.0220. The number of carbonyl (C=O) groups excluding carboxylic acids is 3. The summed E-state index contributed by atoms with van der Waals surface area (Å²) in [5.74, 6) is -2.20. The van der Waals surface area contributed by atoms with Gasteiger partial charge in [-0.25, -0.2) is 94.1 Å². The number of halogens is 1. The van der Waals surface area contributed by atoms with Gasteiger partial charge in [-0.15, -0.1) is 0 Å². The second kappa shape index (κ2) is 41.0. The number of nitrogens with zero attached hydrogens (tertiary/aromatic N) is 20. The monoisotopic (exact) mass is 1640 g/mol. The van der Waals surface area contributed by atoms with Gasteiger partial charge in [-0.2, -0.15) is 0 Å². The zero-order valence-electron chi connectivity index (χ0n) is 65.3. The van der Waals surface area contributed by atoms with Crippen molar-refractivity contribution >= 4 is 93.7 Å². The second-order valence-electron chi connectivity index (χ2n) is 24.8. The molecule has 0 aliphatic carbocycles. The molecule has 0 aliphatic heterocycles. The zero-order chi connectivity index (χ0) is 83.6. The molecule has 41 nitrogen and oxygen atoms in total. The number of carboxylic acid groups (broad SMARTS) is 1. The number of nitrogens with two attached hydrogens (primary N) is 5. The number of hydrogen-bond acceptors (Lipinski definition) is 36. The first-order valence-electron chi connectivity index (χ1n) is 35.1. The molecule has 0 spiro atoms. The molecule has 0 radical (unpaired) electrons. The minimum Gasteiger partial charge on any atom is -0.870 e. The van der Waals surface area contributed by atoms with Crippen molar-refractivity contribution in [3.05, 3.63) is 199 Å². The maximum absolute atomic E-state index is 12.8. The number of ether oxygens (including phenoxy) is 4. The van der Waals surface area contributed by atoms with Crippen LogP contribution in [0, 0.1) is 27.7 Å². The zero-order valence-corrected chi connectivity index (χ0v) is 66.0. The van der Waals surface area contributed by atoms with Gasteiger partial charge in [-0.05, 0) is 101 Å². The molecule has 16 rings (SSSR count). The molecule has 0 saturated heterocycles. The number of carboxylic acids is 1. The summed E-state index contributed by atoms with van der Waals surface area (Å²) in [6.07, 6.45) is 28.6. The molecule has 44 heteroatoms. The number of anilines is 4. The molecule has 119 heavy (non-hydrogen) atoms. The number of imidazole rings is 4. The first-order valence-corrected chi connectivity index (χ1v) is 35.5. The number of aryl methyl sites for hydroxylation is 4. The van der Waals surface area contributed by atoms with Crippen LogP contribution in [0.4, 0.5) is 23.3 Å². The predicted molar refractivity (Wildman–Crippen MR) is 426 cm³/mol. The fraction of sp³-hybridized carbons (Fsp3) is 0.200. The van der Waals surface area contributed by atoms with Crippen LogP contribution >= 0.6 is 11.6 Å². The number of Topliss-reactive ketones (excluding diaryl/α,β-unsaturated/α-hetero) is 1. The number of oxazole rings is 4. The fourth-order valence-electron chi connectivity index (χ4n) is 11.1. The van der Waals surface area contributed by atoms with Crippen LogP contribution in [0.3, 0.4) is 0 Å². The summed E-state index contributed by atoms with van der Waals surface area (Å²) < 4.78 is 47.6.